The van der Waals surface area contributed by atoms with Crippen molar-refractivity contribution in [2.24, 2.45) is 0 Å². The third kappa shape index (κ3) is 4.81. The van der Waals surface area contributed by atoms with Crippen molar-refractivity contribution in [2.75, 3.05) is 0 Å². The van der Waals surface area contributed by atoms with Crippen molar-refractivity contribution in [2.45, 2.75) is 0 Å². The van der Waals surface area contributed by atoms with Crippen molar-refractivity contribution >= 4 is 54.8 Å². The van der Waals surface area contributed by atoms with Crippen LogP contribution in [0.1, 0.15) is 0 Å². The zero-order chi connectivity index (χ0) is 35.6. The molecule has 252 valence electrons. The minimum Gasteiger partial charge on any atom is -0.455 e. The van der Waals surface area contributed by atoms with Crippen LogP contribution in [-0.2, 0) is 0 Å². The summed E-state index contributed by atoms with van der Waals surface area (Å²) in [6.07, 6.45) is 0. The predicted octanol–water partition coefficient (Wildman–Crippen LogP) is 12.6. The van der Waals surface area contributed by atoms with Gasteiger partial charge in [0.2, 0.25) is 0 Å². The van der Waals surface area contributed by atoms with Crippen LogP contribution in [0.2, 0.25) is 0 Å². The van der Waals surface area contributed by atoms with Gasteiger partial charge in [-0.3, -0.25) is 0 Å². The number of aromatic nitrogens is 4. The van der Waals surface area contributed by atoms with Crippen LogP contribution in [0, 0.1) is 0 Å². The van der Waals surface area contributed by atoms with E-state index in [1.54, 1.807) is 0 Å². The Balaban J connectivity index is 1.10. The number of hydrogen-bond donors (Lipinski definition) is 0. The second kappa shape index (κ2) is 12.1. The molecule has 6 nitrogen and oxygen atoms in total. The van der Waals surface area contributed by atoms with Crippen molar-refractivity contribution < 1.29 is 8.83 Å². The molecule has 0 unspecified atom stereocenters. The van der Waals surface area contributed by atoms with Gasteiger partial charge in [-0.15, -0.1) is 0 Å². The Morgan fingerprint density at radius 2 is 0.833 bits per heavy atom. The first-order valence-corrected chi connectivity index (χ1v) is 17.9. The maximum atomic E-state index is 6.44. The van der Waals surface area contributed by atoms with Crippen LogP contribution >= 0.6 is 0 Å². The summed E-state index contributed by atoms with van der Waals surface area (Å²) < 4.78 is 12.8. The average Bonchev–Trinajstić information content (AvgIpc) is 3.82. The highest BCUT2D eigenvalue weighted by atomic mass is 16.3. The average molecular weight is 693 g/mol. The summed E-state index contributed by atoms with van der Waals surface area (Å²) >= 11 is 0. The lowest BCUT2D eigenvalue weighted by molar-refractivity contribution is 0.669. The monoisotopic (exact) mass is 692 g/mol. The highest BCUT2D eigenvalue weighted by Crippen LogP contribution is 2.40. The molecule has 0 N–H and O–H groups in total. The number of furan rings is 2. The SMILES string of the molecule is c1ccc(-c2nc(-c3ccccc3-c3cccc(-c4nc5c6ccccc6oc5c5ccccc45)c3)nc(-c3cccc4c3oc3ccccc34)n2)cc1. The van der Waals surface area contributed by atoms with E-state index in [2.05, 4.69) is 78.9 Å². The Kier molecular flexibility index (Phi) is 6.75. The molecule has 6 heteroatoms. The van der Waals surface area contributed by atoms with E-state index in [1.807, 2.05) is 91.0 Å². The summed E-state index contributed by atoms with van der Waals surface area (Å²) in [6.45, 7) is 0. The molecule has 0 aliphatic heterocycles. The molecule has 4 aromatic heterocycles. The number of fused-ring (bicyclic) bond motifs is 8. The first-order chi connectivity index (χ1) is 26.8. The number of rotatable bonds is 5. The lowest BCUT2D eigenvalue weighted by atomic mass is 9.95. The molecule has 0 aliphatic carbocycles. The fourth-order valence-corrected chi connectivity index (χ4v) is 7.63. The number of para-hydroxylation sites is 3. The molecule has 0 saturated carbocycles. The zero-order valence-corrected chi connectivity index (χ0v) is 28.8. The molecule has 11 rings (SSSR count). The van der Waals surface area contributed by atoms with Gasteiger partial charge < -0.3 is 8.83 Å². The van der Waals surface area contributed by atoms with Crippen molar-refractivity contribution in [1.82, 2.24) is 19.9 Å². The fourth-order valence-electron chi connectivity index (χ4n) is 7.63. The molecule has 0 aliphatic rings. The molecule has 0 saturated heterocycles. The normalized spacial score (nSPS) is 11.7. The van der Waals surface area contributed by atoms with E-state index < -0.39 is 0 Å². The maximum absolute atomic E-state index is 6.44. The fraction of sp³-hybridized carbons (Fsp3) is 0. The Hall–Kier alpha value is -7.44. The third-order valence-corrected chi connectivity index (χ3v) is 10.1. The van der Waals surface area contributed by atoms with Gasteiger partial charge in [-0.2, -0.15) is 0 Å². The minimum absolute atomic E-state index is 0.545. The molecule has 0 spiro atoms. The molecule has 0 amide bonds. The second-order valence-electron chi connectivity index (χ2n) is 13.4. The van der Waals surface area contributed by atoms with Crippen LogP contribution in [0.4, 0.5) is 0 Å². The van der Waals surface area contributed by atoms with Crippen molar-refractivity contribution in [3.8, 4) is 56.5 Å². The summed E-state index contributed by atoms with van der Waals surface area (Å²) in [7, 11) is 0. The predicted molar refractivity (Wildman–Crippen MR) is 217 cm³/mol. The summed E-state index contributed by atoms with van der Waals surface area (Å²) in [4.78, 5) is 20.6. The van der Waals surface area contributed by atoms with Gasteiger partial charge in [-0.05, 0) is 41.5 Å². The Morgan fingerprint density at radius 3 is 1.67 bits per heavy atom. The Morgan fingerprint density at radius 1 is 0.315 bits per heavy atom. The summed E-state index contributed by atoms with van der Waals surface area (Å²) in [5, 5.41) is 5.14. The zero-order valence-electron chi connectivity index (χ0n) is 28.8. The van der Waals surface area contributed by atoms with Gasteiger partial charge in [0.05, 0.1) is 11.3 Å². The summed E-state index contributed by atoms with van der Waals surface area (Å²) in [5.41, 5.74) is 10.6. The topological polar surface area (TPSA) is 77.8 Å². The van der Waals surface area contributed by atoms with Crippen LogP contribution in [0.15, 0.2) is 179 Å². The third-order valence-electron chi connectivity index (χ3n) is 10.1. The number of hydrogen-bond acceptors (Lipinski definition) is 6. The molecule has 54 heavy (non-hydrogen) atoms. The van der Waals surface area contributed by atoms with Crippen LogP contribution in [0.25, 0.3) is 111 Å². The molecule has 0 atom stereocenters. The van der Waals surface area contributed by atoms with Gasteiger partial charge in [0.1, 0.15) is 22.3 Å². The van der Waals surface area contributed by atoms with Gasteiger partial charge in [0.25, 0.3) is 0 Å². The van der Waals surface area contributed by atoms with Gasteiger partial charge >= 0.3 is 0 Å². The Labute approximate surface area is 309 Å². The van der Waals surface area contributed by atoms with E-state index >= 15 is 0 Å². The molecular formula is C48H28N4O2. The smallest absolute Gasteiger partial charge is 0.167 e. The first kappa shape index (κ1) is 30.2. The first-order valence-electron chi connectivity index (χ1n) is 17.9. The molecule has 11 aromatic rings. The van der Waals surface area contributed by atoms with Crippen molar-refractivity contribution in [1.29, 1.82) is 0 Å². The maximum Gasteiger partial charge on any atom is 0.167 e. The standard InChI is InChI=1S/C48H28N4O2/c1-2-14-29(15-3-1)46-50-47(52-48(51-46)39-25-13-24-35-33-19-8-10-26-40(33)53-44(35)39)37-22-7-4-18-32(37)30-16-12-17-31(28-30)42-34-20-5-6-21-36(34)45-43(49-42)38-23-9-11-27-41(38)54-45/h1-28H. The van der Waals surface area contributed by atoms with Crippen LogP contribution in [-0.4, -0.2) is 19.9 Å². The van der Waals surface area contributed by atoms with Crippen LogP contribution < -0.4 is 0 Å². The van der Waals surface area contributed by atoms with Gasteiger partial charge in [0, 0.05) is 43.6 Å². The quantitative estimate of drug-likeness (QED) is 0.179. The molecular weight excluding hydrogens is 665 g/mol. The van der Waals surface area contributed by atoms with Crippen molar-refractivity contribution in [3.63, 3.8) is 0 Å². The van der Waals surface area contributed by atoms with E-state index in [0.29, 0.717) is 17.5 Å². The van der Waals surface area contributed by atoms with Crippen LogP contribution in [0.3, 0.4) is 0 Å². The lowest BCUT2D eigenvalue weighted by Gasteiger charge is -2.13. The summed E-state index contributed by atoms with van der Waals surface area (Å²) in [5.74, 6) is 1.70. The van der Waals surface area contributed by atoms with E-state index in [0.717, 1.165) is 93.9 Å². The highest BCUT2D eigenvalue weighted by Gasteiger charge is 2.20. The summed E-state index contributed by atoms with van der Waals surface area (Å²) in [6, 6.07) is 57.5. The molecule has 4 heterocycles. The van der Waals surface area contributed by atoms with E-state index in [-0.39, 0.29) is 0 Å². The van der Waals surface area contributed by atoms with E-state index in [1.165, 1.54) is 0 Å². The lowest BCUT2D eigenvalue weighted by Crippen LogP contribution is -2.01. The second-order valence-corrected chi connectivity index (χ2v) is 13.4. The van der Waals surface area contributed by atoms with Gasteiger partial charge in [-0.1, -0.05) is 140 Å². The van der Waals surface area contributed by atoms with Crippen LogP contribution in [0.5, 0.6) is 0 Å². The molecule has 0 bridgehead atoms. The van der Waals surface area contributed by atoms with E-state index in [9.17, 15) is 0 Å². The number of nitrogens with zero attached hydrogens (tertiary/aromatic N) is 4. The molecule has 0 radical (unpaired) electrons. The molecule has 0 fully saturated rings. The number of benzene rings is 7. The minimum atomic E-state index is 0.545. The molecule has 7 aromatic carbocycles. The highest BCUT2D eigenvalue weighted by molar-refractivity contribution is 6.16. The number of pyridine rings is 1. The van der Waals surface area contributed by atoms with Gasteiger partial charge in [0.15, 0.2) is 23.1 Å². The Bertz CT molecular complexity index is 3240. The van der Waals surface area contributed by atoms with E-state index in [4.69, 9.17) is 28.8 Å². The largest absolute Gasteiger partial charge is 0.455 e. The van der Waals surface area contributed by atoms with Gasteiger partial charge in [-0.25, -0.2) is 19.9 Å². The van der Waals surface area contributed by atoms with Crippen molar-refractivity contribution in [3.05, 3.63) is 170 Å².